The van der Waals surface area contributed by atoms with Gasteiger partial charge in [0, 0.05) is 32.1 Å². The monoisotopic (exact) mass is 590 g/mol. The van der Waals surface area contributed by atoms with Crippen molar-refractivity contribution in [2.45, 2.75) is 63.3 Å². The summed E-state index contributed by atoms with van der Waals surface area (Å²) in [5.41, 5.74) is 2.11. The van der Waals surface area contributed by atoms with E-state index in [4.69, 9.17) is 4.74 Å². The summed E-state index contributed by atoms with van der Waals surface area (Å²) in [5, 5.41) is 18.4. The quantitative estimate of drug-likeness (QED) is 0.219. The zero-order chi connectivity index (χ0) is 30.5. The van der Waals surface area contributed by atoms with Crippen LogP contribution in [0.2, 0.25) is 0 Å². The molecule has 0 radical (unpaired) electrons. The van der Waals surface area contributed by atoms with Crippen LogP contribution in [-0.2, 0) is 19.1 Å². The first kappa shape index (κ1) is 30.5. The summed E-state index contributed by atoms with van der Waals surface area (Å²) in [6, 6.07) is 16.4. The smallest absolute Gasteiger partial charge is 0.407 e. The lowest BCUT2D eigenvalue weighted by atomic mass is 9.66. The molecule has 0 aromatic heterocycles. The Morgan fingerprint density at radius 1 is 0.860 bits per heavy atom. The Balaban J connectivity index is 1.03. The molecule has 2 aromatic rings. The number of nitrogens with zero attached hydrogens (tertiary/aromatic N) is 1. The largest absolute Gasteiger partial charge is 0.480 e. The van der Waals surface area contributed by atoms with Gasteiger partial charge >= 0.3 is 12.1 Å². The second-order valence-electron chi connectivity index (χ2n) is 11.9. The van der Waals surface area contributed by atoms with Crippen LogP contribution < -0.4 is 16.0 Å². The maximum Gasteiger partial charge on any atom is 0.407 e. The number of nitrogens with one attached hydrogen (secondary N) is 3. The number of carbonyl (C=O) groups excluding carboxylic acids is 3. The summed E-state index contributed by atoms with van der Waals surface area (Å²) in [6.07, 6.45) is 2.95. The van der Waals surface area contributed by atoms with Crippen molar-refractivity contribution in [1.29, 1.82) is 0 Å². The van der Waals surface area contributed by atoms with Crippen molar-refractivity contribution >= 4 is 23.9 Å². The highest BCUT2D eigenvalue weighted by Gasteiger charge is 2.54. The van der Waals surface area contributed by atoms with E-state index in [-0.39, 0.29) is 18.4 Å². The molecule has 43 heavy (non-hydrogen) atoms. The van der Waals surface area contributed by atoms with E-state index in [0.29, 0.717) is 64.7 Å². The number of likely N-dealkylation sites (tertiary alicyclic amines) is 1. The molecule has 2 aromatic carbocycles. The van der Waals surface area contributed by atoms with Gasteiger partial charge in [-0.1, -0.05) is 61.9 Å². The average molecular weight is 591 g/mol. The molecule has 0 spiro atoms. The Kier molecular flexibility index (Phi) is 9.34. The number of amides is 3. The molecule has 0 atom stereocenters. The summed E-state index contributed by atoms with van der Waals surface area (Å²) in [6.45, 7) is 5.04. The van der Waals surface area contributed by atoms with Gasteiger partial charge in [-0.2, -0.15) is 0 Å². The number of benzene rings is 2. The van der Waals surface area contributed by atoms with Gasteiger partial charge in [0.1, 0.15) is 17.6 Å². The zero-order valence-electron chi connectivity index (χ0n) is 24.8. The van der Waals surface area contributed by atoms with Crippen molar-refractivity contribution in [3.05, 3.63) is 59.7 Å². The molecule has 1 saturated heterocycles. The lowest BCUT2D eigenvalue weighted by molar-refractivity contribution is -0.158. The number of carboxylic acid groups (broad SMARTS) is 1. The van der Waals surface area contributed by atoms with Crippen LogP contribution in [0, 0.1) is 5.41 Å². The van der Waals surface area contributed by atoms with Crippen LogP contribution in [-0.4, -0.2) is 78.8 Å². The number of hydrogen-bond donors (Lipinski definition) is 4. The number of unbranched alkanes of at least 4 members (excludes halogenated alkanes) is 1. The molecule has 1 saturated carbocycles. The Morgan fingerprint density at radius 2 is 1.44 bits per heavy atom. The lowest BCUT2D eigenvalue weighted by Gasteiger charge is -2.44. The highest BCUT2D eigenvalue weighted by atomic mass is 16.5. The Labute approximate surface area is 252 Å². The summed E-state index contributed by atoms with van der Waals surface area (Å²) in [4.78, 5) is 53.1. The number of carboxylic acids is 1. The number of hydrogen-bond acceptors (Lipinski definition) is 6. The molecule has 1 heterocycles. The molecule has 3 amide bonds. The number of aliphatic carboxylic acids is 1. The van der Waals surface area contributed by atoms with E-state index < -0.39 is 28.9 Å². The first-order chi connectivity index (χ1) is 20.8. The fourth-order valence-corrected chi connectivity index (χ4v) is 6.53. The topological polar surface area (TPSA) is 137 Å². The summed E-state index contributed by atoms with van der Waals surface area (Å²) in [5.74, 6) is -1.89. The third-order valence-corrected chi connectivity index (χ3v) is 9.50. The fourth-order valence-electron chi connectivity index (χ4n) is 6.53. The van der Waals surface area contributed by atoms with Gasteiger partial charge in [-0.15, -0.1) is 0 Å². The SMILES string of the molecule is CCN1CCC(NC(=O)C2(C(=O)NCCCCNC(=O)OCC3c4ccccc4-c4ccccc43)CCC2)(C(=O)O)CC1. The van der Waals surface area contributed by atoms with Gasteiger partial charge in [0.2, 0.25) is 11.8 Å². The highest BCUT2D eigenvalue weighted by Crippen LogP contribution is 2.45. The molecular weight excluding hydrogens is 548 g/mol. The maximum absolute atomic E-state index is 13.3. The molecule has 2 aliphatic carbocycles. The van der Waals surface area contributed by atoms with Crippen molar-refractivity contribution in [2.75, 3.05) is 39.3 Å². The Bertz CT molecular complexity index is 1300. The Hall–Kier alpha value is -3.92. The van der Waals surface area contributed by atoms with Crippen LogP contribution in [0.5, 0.6) is 0 Å². The number of piperidine rings is 1. The number of ether oxygens (including phenoxy) is 1. The molecule has 1 aliphatic heterocycles. The first-order valence-electron chi connectivity index (χ1n) is 15.5. The van der Waals surface area contributed by atoms with E-state index in [2.05, 4.69) is 45.1 Å². The molecule has 10 heteroatoms. The van der Waals surface area contributed by atoms with Crippen LogP contribution in [0.15, 0.2) is 48.5 Å². The van der Waals surface area contributed by atoms with Crippen molar-refractivity contribution in [3.63, 3.8) is 0 Å². The van der Waals surface area contributed by atoms with Crippen LogP contribution in [0.4, 0.5) is 4.79 Å². The second kappa shape index (κ2) is 13.2. The molecule has 5 rings (SSSR count). The third kappa shape index (κ3) is 6.25. The van der Waals surface area contributed by atoms with E-state index in [1.807, 2.05) is 31.2 Å². The van der Waals surface area contributed by atoms with Crippen LogP contribution in [0.1, 0.15) is 68.9 Å². The fraction of sp³-hybridized carbons (Fsp3) is 0.515. The van der Waals surface area contributed by atoms with E-state index >= 15 is 0 Å². The van der Waals surface area contributed by atoms with Crippen LogP contribution >= 0.6 is 0 Å². The standard InChI is InChI=1S/C33H42N4O6/c1-2-37-20-16-33(17-21-37,30(40)41)36-29(39)32(14-9-15-32)28(38)34-18-7-8-19-35-31(42)43-22-27-25-12-5-3-10-23(25)24-11-4-6-13-26(24)27/h3-6,10-13,27H,2,7-9,14-22H2,1H3,(H,34,38)(H,35,42)(H,36,39)(H,40,41). The van der Waals surface area contributed by atoms with Gasteiger partial charge in [-0.3, -0.25) is 9.59 Å². The van der Waals surface area contributed by atoms with E-state index in [9.17, 15) is 24.3 Å². The van der Waals surface area contributed by atoms with Crippen LogP contribution in [0.25, 0.3) is 11.1 Å². The molecule has 3 aliphatic rings. The molecule has 0 unspecified atom stereocenters. The van der Waals surface area contributed by atoms with E-state index in [1.54, 1.807) is 0 Å². The number of rotatable bonds is 12. The van der Waals surface area contributed by atoms with E-state index in [1.165, 1.54) is 11.1 Å². The van der Waals surface area contributed by atoms with Gasteiger partial charge in [0.05, 0.1) is 0 Å². The van der Waals surface area contributed by atoms with Gasteiger partial charge in [-0.25, -0.2) is 9.59 Å². The summed E-state index contributed by atoms with van der Waals surface area (Å²) < 4.78 is 5.57. The third-order valence-electron chi connectivity index (χ3n) is 9.50. The van der Waals surface area contributed by atoms with Gasteiger partial charge in [0.15, 0.2) is 0 Å². The molecule has 4 N–H and O–H groups in total. The van der Waals surface area contributed by atoms with Crippen molar-refractivity contribution in [2.24, 2.45) is 5.41 Å². The minimum atomic E-state index is -1.34. The number of carbonyl (C=O) groups is 4. The van der Waals surface area contributed by atoms with Crippen molar-refractivity contribution in [1.82, 2.24) is 20.9 Å². The zero-order valence-corrected chi connectivity index (χ0v) is 24.8. The number of fused-ring (bicyclic) bond motifs is 3. The van der Waals surface area contributed by atoms with Crippen molar-refractivity contribution < 1.29 is 29.0 Å². The summed E-state index contributed by atoms with van der Waals surface area (Å²) >= 11 is 0. The predicted octanol–water partition coefficient (Wildman–Crippen LogP) is 3.65. The maximum atomic E-state index is 13.3. The average Bonchev–Trinajstić information content (AvgIpc) is 3.31. The predicted molar refractivity (Wildman–Crippen MR) is 161 cm³/mol. The van der Waals surface area contributed by atoms with Crippen molar-refractivity contribution in [3.8, 4) is 11.1 Å². The van der Waals surface area contributed by atoms with E-state index in [0.717, 1.165) is 24.1 Å². The second-order valence-corrected chi connectivity index (χ2v) is 11.9. The van der Waals surface area contributed by atoms with Gasteiger partial charge in [-0.05, 0) is 67.3 Å². The molecule has 10 nitrogen and oxygen atoms in total. The normalized spacial score (nSPS) is 18.4. The highest BCUT2D eigenvalue weighted by molar-refractivity contribution is 6.07. The summed E-state index contributed by atoms with van der Waals surface area (Å²) in [7, 11) is 0. The molecule has 2 fully saturated rings. The minimum Gasteiger partial charge on any atom is -0.480 e. The van der Waals surface area contributed by atoms with Gasteiger partial charge < -0.3 is 30.7 Å². The van der Waals surface area contributed by atoms with Crippen LogP contribution in [0.3, 0.4) is 0 Å². The molecule has 230 valence electrons. The minimum absolute atomic E-state index is 0.00100. The molecular formula is C33H42N4O6. The first-order valence-corrected chi connectivity index (χ1v) is 15.5. The van der Waals surface area contributed by atoms with Gasteiger partial charge in [0.25, 0.3) is 0 Å². The number of alkyl carbamates (subject to hydrolysis) is 1. The Morgan fingerprint density at radius 3 is 1.98 bits per heavy atom. The molecule has 0 bridgehead atoms. The lowest BCUT2D eigenvalue weighted by Crippen LogP contribution is -2.65.